The van der Waals surface area contributed by atoms with Gasteiger partial charge in [-0.2, -0.15) is 0 Å². The normalized spacial score (nSPS) is 11.3. The van der Waals surface area contributed by atoms with Gasteiger partial charge in [0.2, 0.25) is 0 Å². The van der Waals surface area contributed by atoms with Crippen LogP contribution in [0.5, 0.6) is 0 Å². The average molecular weight is 482 g/mol. The third-order valence-corrected chi connectivity index (χ3v) is 5.20. The molecule has 2 aromatic carbocycles. The lowest BCUT2D eigenvalue weighted by molar-refractivity contribution is 0.0141. The third kappa shape index (κ3) is 7.27. The molecule has 2 amide bonds. The molecule has 1 aromatic heterocycles. The summed E-state index contributed by atoms with van der Waals surface area (Å²) in [6, 6.07) is 18.7. The van der Waals surface area contributed by atoms with Gasteiger partial charge in [-0.25, -0.2) is 9.98 Å². The quantitative estimate of drug-likeness (QED) is 0.262. The molecule has 0 unspecified atom stereocenters. The highest BCUT2D eigenvalue weighted by atomic mass is 32.2. The Morgan fingerprint density at radius 3 is 2.35 bits per heavy atom. The second-order valence-corrected chi connectivity index (χ2v) is 7.78. The number of carbonyl (C=O) groups excluding carboxylic acids is 2. The van der Waals surface area contributed by atoms with Crippen molar-refractivity contribution in [1.29, 1.82) is 0 Å². The molecular formula is C24H27N5O4S. The van der Waals surface area contributed by atoms with E-state index < -0.39 is 5.91 Å². The average Bonchev–Trinajstić information content (AvgIpc) is 3.28. The summed E-state index contributed by atoms with van der Waals surface area (Å²) in [5, 5.41) is 5.65. The Morgan fingerprint density at radius 1 is 1.00 bits per heavy atom. The Morgan fingerprint density at radius 2 is 1.68 bits per heavy atom. The number of nitrogens with one attached hydrogen (secondary N) is 2. The Hall–Kier alpha value is -3.47. The van der Waals surface area contributed by atoms with E-state index in [1.54, 1.807) is 35.1 Å². The predicted molar refractivity (Wildman–Crippen MR) is 132 cm³/mol. The van der Waals surface area contributed by atoms with Crippen LogP contribution in [0, 0.1) is 0 Å². The van der Waals surface area contributed by atoms with Gasteiger partial charge >= 0.3 is 0 Å². The molecule has 0 bridgehead atoms. The van der Waals surface area contributed by atoms with E-state index in [1.807, 2.05) is 36.4 Å². The van der Waals surface area contributed by atoms with E-state index >= 15 is 0 Å². The number of imidazole rings is 1. The number of amidine groups is 1. The zero-order valence-corrected chi connectivity index (χ0v) is 19.9. The summed E-state index contributed by atoms with van der Waals surface area (Å²) in [5.74, 6) is -0.408. The molecule has 0 saturated heterocycles. The molecular weight excluding hydrogens is 454 g/mol. The number of thioether (sulfide) groups is 1. The van der Waals surface area contributed by atoms with Crippen LogP contribution in [0.15, 0.2) is 72.0 Å². The maximum Gasteiger partial charge on any atom is 0.273 e. The number of amides is 2. The van der Waals surface area contributed by atoms with Crippen LogP contribution in [0.4, 0.5) is 5.82 Å². The van der Waals surface area contributed by atoms with Crippen molar-refractivity contribution in [2.24, 2.45) is 4.99 Å². The second kappa shape index (κ2) is 13.3. The Labute approximate surface area is 202 Å². The molecule has 9 nitrogen and oxygen atoms in total. The minimum absolute atomic E-state index is 0.117. The number of ether oxygens (including phenoxy) is 2. The number of hydrogen-bond acceptors (Lipinski definition) is 7. The summed E-state index contributed by atoms with van der Waals surface area (Å²) < 4.78 is 12.9. The molecule has 10 heteroatoms. The number of rotatable bonds is 10. The molecule has 3 aromatic rings. The molecule has 0 atom stereocenters. The van der Waals surface area contributed by atoms with Crippen LogP contribution >= 0.6 is 11.8 Å². The summed E-state index contributed by atoms with van der Waals surface area (Å²) >= 11 is 1.25. The number of nitrogens with zero attached hydrogens (tertiary/aromatic N) is 3. The van der Waals surface area contributed by atoms with Crippen molar-refractivity contribution in [3.63, 3.8) is 0 Å². The van der Waals surface area contributed by atoms with Crippen LogP contribution in [0.1, 0.15) is 26.4 Å². The first-order valence-electron chi connectivity index (χ1n) is 10.6. The fourth-order valence-electron chi connectivity index (χ4n) is 2.89. The zero-order chi connectivity index (χ0) is 24.2. The number of aliphatic imine (C=N–C) groups is 1. The standard InChI is InChI=1S/C24H27N5O4S/c1-25-23(31)20-21(27-24(34-2)28-22(30)19-11-7-4-8-12-19)29(16-26-20)17-33-14-13-32-15-18-9-5-3-6-10-18/h3-12,16H,13-15,17H2,1-2H3,(H,25,31)(H,27,28,30). The highest BCUT2D eigenvalue weighted by Gasteiger charge is 2.18. The molecule has 3 rings (SSSR count). The van der Waals surface area contributed by atoms with E-state index in [4.69, 9.17) is 9.47 Å². The summed E-state index contributed by atoms with van der Waals surface area (Å²) in [6.07, 6.45) is 3.26. The van der Waals surface area contributed by atoms with E-state index in [9.17, 15) is 9.59 Å². The monoisotopic (exact) mass is 481 g/mol. The highest BCUT2D eigenvalue weighted by molar-refractivity contribution is 8.13. The molecule has 178 valence electrons. The summed E-state index contributed by atoms with van der Waals surface area (Å²) in [6.45, 7) is 1.38. The maximum atomic E-state index is 12.5. The zero-order valence-electron chi connectivity index (χ0n) is 19.1. The van der Waals surface area contributed by atoms with Crippen LogP contribution in [-0.2, 0) is 22.8 Å². The van der Waals surface area contributed by atoms with Gasteiger partial charge in [-0.3, -0.25) is 14.2 Å². The van der Waals surface area contributed by atoms with Crippen molar-refractivity contribution in [2.45, 2.75) is 13.3 Å². The Bertz CT molecular complexity index is 1100. The Kier molecular flexibility index (Phi) is 9.83. The number of hydrogen-bond donors (Lipinski definition) is 2. The van der Waals surface area contributed by atoms with Gasteiger partial charge in [-0.1, -0.05) is 60.3 Å². The first-order valence-corrected chi connectivity index (χ1v) is 11.8. The molecule has 0 aliphatic heterocycles. The van der Waals surface area contributed by atoms with E-state index in [2.05, 4.69) is 20.6 Å². The van der Waals surface area contributed by atoms with Gasteiger partial charge in [0.1, 0.15) is 6.73 Å². The minimum Gasteiger partial charge on any atom is -0.374 e. The first-order chi connectivity index (χ1) is 16.6. The SMILES string of the molecule is CNC(=O)c1ncn(COCCOCc2ccccc2)c1/N=C(/NC(=O)c1ccccc1)SC. The van der Waals surface area contributed by atoms with E-state index in [0.717, 1.165) is 5.56 Å². The molecule has 1 heterocycles. The van der Waals surface area contributed by atoms with Crippen LogP contribution < -0.4 is 10.6 Å². The predicted octanol–water partition coefficient (Wildman–Crippen LogP) is 3.21. The van der Waals surface area contributed by atoms with Crippen LogP contribution in [-0.4, -0.2) is 53.1 Å². The molecule has 0 radical (unpaired) electrons. The van der Waals surface area contributed by atoms with Gasteiger partial charge in [0.05, 0.1) is 26.1 Å². The lowest BCUT2D eigenvalue weighted by Crippen LogP contribution is -2.28. The third-order valence-electron chi connectivity index (χ3n) is 4.62. The molecule has 2 N–H and O–H groups in total. The fourth-order valence-corrected chi connectivity index (χ4v) is 3.26. The van der Waals surface area contributed by atoms with Gasteiger partial charge < -0.3 is 20.1 Å². The van der Waals surface area contributed by atoms with Crippen molar-refractivity contribution < 1.29 is 19.1 Å². The van der Waals surface area contributed by atoms with Crippen LogP contribution in [0.3, 0.4) is 0 Å². The number of carbonyl (C=O) groups is 2. The second-order valence-electron chi connectivity index (χ2n) is 6.98. The molecule has 0 saturated carbocycles. The first kappa shape index (κ1) is 25.2. The van der Waals surface area contributed by atoms with Crippen molar-refractivity contribution in [2.75, 3.05) is 26.5 Å². The van der Waals surface area contributed by atoms with E-state index in [-0.39, 0.29) is 24.1 Å². The molecule has 34 heavy (non-hydrogen) atoms. The molecule has 0 spiro atoms. The van der Waals surface area contributed by atoms with Gasteiger partial charge in [0.25, 0.3) is 11.8 Å². The number of benzene rings is 2. The maximum absolute atomic E-state index is 12.5. The van der Waals surface area contributed by atoms with Crippen molar-refractivity contribution >= 4 is 34.6 Å². The summed E-state index contributed by atoms with van der Waals surface area (Å²) in [7, 11) is 1.52. The van der Waals surface area contributed by atoms with Crippen LogP contribution in [0.2, 0.25) is 0 Å². The lowest BCUT2D eigenvalue weighted by atomic mass is 10.2. The summed E-state index contributed by atoms with van der Waals surface area (Å²) in [5.41, 5.74) is 1.72. The fraction of sp³-hybridized carbons (Fsp3) is 0.250. The Balaban J connectivity index is 1.64. The topological polar surface area (TPSA) is 107 Å². The van der Waals surface area contributed by atoms with Gasteiger partial charge in [0.15, 0.2) is 16.7 Å². The van der Waals surface area contributed by atoms with Crippen molar-refractivity contribution in [3.05, 3.63) is 83.8 Å². The van der Waals surface area contributed by atoms with Crippen molar-refractivity contribution in [3.8, 4) is 0 Å². The van der Waals surface area contributed by atoms with Gasteiger partial charge in [-0.05, 0) is 24.0 Å². The largest absolute Gasteiger partial charge is 0.374 e. The molecule has 0 fully saturated rings. The van der Waals surface area contributed by atoms with E-state index in [0.29, 0.717) is 30.6 Å². The smallest absolute Gasteiger partial charge is 0.273 e. The number of aromatic nitrogens is 2. The van der Waals surface area contributed by atoms with Gasteiger partial charge in [-0.15, -0.1) is 0 Å². The minimum atomic E-state index is -0.390. The van der Waals surface area contributed by atoms with E-state index in [1.165, 1.54) is 25.1 Å². The molecule has 0 aliphatic carbocycles. The summed E-state index contributed by atoms with van der Waals surface area (Å²) in [4.78, 5) is 33.5. The highest BCUT2D eigenvalue weighted by Crippen LogP contribution is 2.20. The molecule has 0 aliphatic rings. The van der Waals surface area contributed by atoms with Gasteiger partial charge in [0, 0.05) is 12.6 Å². The van der Waals surface area contributed by atoms with Crippen LogP contribution in [0.25, 0.3) is 0 Å². The van der Waals surface area contributed by atoms with Crippen molar-refractivity contribution in [1.82, 2.24) is 20.2 Å². The lowest BCUT2D eigenvalue weighted by Gasteiger charge is -2.10.